The van der Waals surface area contributed by atoms with Gasteiger partial charge in [0.2, 0.25) is 5.13 Å². The minimum absolute atomic E-state index is 0.486. The fourth-order valence-corrected chi connectivity index (χ4v) is 1.27. The lowest BCUT2D eigenvalue weighted by Gasteiger charge is -1.93. The van der Waals surface area contributed by atoms with E-state index in [9.17, 15) is 0 Å². The van der Waals surface area contributed by atoms with E-state index in [1.807, 2.05) is 7.05 Å². The zero-order valence-electron chi connectivity index (χ0n) is 6.38. The molecule has 0 saturated heterocycles. The van der Waals surface area contributed by atoms with Gasteiger partial charge < -0.3 is 5.32 Å². The highest BCUT2D eigenvalue weighted by atomic mass is 32.1. The van der Waals surface area contributed by atoms with Crippen LogP contribution in [0.4, 0.5) is 5.13 Å². The summed E-state index contributed by atoms with van der Waals surface area (Å²) in [5.41, 5.74) is 0. The predicted molar refractivity (Wildman–Crippen MR) is 43.5 cm³/mol. The fraction of sp³-hybridized carbons (Fsp3) is 0.667. The predicted octanol–water partition coefficient (Wildman–Crippen LogP) is 1.70. The van der Waals surface area contributed by atoms with Crippen molar-refractivity contribution >= 4 is 16.5 Å². The summed E-state index contributed by atoms with van der Waals surface area (Å²) in [4.78, 5) is 0. The quantitative estimate of drug-likeness (QED) is 0.710. The van der Waals surface area contributed by atoms with Crippen LogP contribution in [0.1, 0.15) is 24.8 Å². The maximum Gasteiger partial charge on any atom is 0.205 e. The molecule has 1 heterocycles. The molecule has 0 saturated carbocycles. The Morgan fingerprint density at radius 2 is 2.10 bits per heavy atom. The van der Waals surface area contributed by atoms with Crippen molar-refractivity contribution in [2.24, 2.45) is 0 Å². The standard InChI is InChI=1S/C6H11N3S/c1-4(2)5-8-9-6(7-3)10-5/h4H,1-3H3,(H,7,9). The molecule has 4 heteroatoms. The van der Waals surface area contributed by atoms with E-state index in [4.69, 9.17) is 0 Å². The van der Waals surface area contributed by atoms with Gasteiger partial charge in [-0.25, -0.2) is 0 Å². The van der Waals surface area contributed by atoms with Gasteiger partial charge in [0.05, 0.1) is 0 Å². The molecule has 1 N–H and O–H groups in total. The largest absolute Gasteiger partial charge is 0.363 e. The number of aromatic nitrogens is 2. The molecule has 0 amide bonds. The van der Waals surface area contributed by atoms with Crippen molar-refractivity contribution < 1.29 is 0 Å². The highest BCUT2D eigenvalue weighted by Gasteiger charge is 2.04. The fourth-order valence-electron chi connectivity index (χ4n) is 0.569. The molecule has 0 aliphatic carbocycles. The maximum atomic E-state index is 3.99. The Hall–Kier alpha value is -0.640. The highest BCUT2D eigenvalue weighted by Crippen LogP contribution is 2.21. The first-order valence-corrected chi connectivity index (χ1v) is 4.07. The van der Waals surface area contributed by atoms with Gasteiger partial charge >= 0.3 is 0 Å². The Morgan fingerprint density at radius 3 is 2.40 bits per heavy atom. The van der Waals surface area contributed by atoms with Crippen LogP contribution in [0.25, 0.3) is 0 Å². The molecular weight excluding hydrogens is 146 g/mol. The summed E-state index contributed by atoms with van der Waals surface area (Å²) in [6.07, 6.45) is 0. The van der Waals surface area contributed by atoms with Crippen molar-refractivity contribution in [3.05, 3.63) is 5.01 Å². The van der Waals surface area contributed by atoms with Crippen molar-refractivity contribution in [2.75, 3.05) is 12.4 Å². The molecule has 0 spiro atoms. The molecule has 1 rings (SSSR count). The SMILES string of the molecule is CNc1nnc(C(C)C)s1. The zero-order valence-corrected chi connectivity index (χ0v) is 7.20. The number of rotatable bonds is 2. The maximum absolute atomic E-state index is 3.99. The van der Waals surface area contributed by atoms with Crippen molar-refractivity contribution in [3.8, 4) is 0 Å². The third kappa shape index (κ3) is 1.44. The van der Waals surface area contributed by atoms with E-state index in [1.165, 1.54) is 0 Å². The Bertz CT molecular complexity index is 207. The van der Waals surface area contributed by atoms with E-state index >= 15 is 0 Å². The van der Waals surface area contributed by atoms with Crippen LogP contribution in [0.2, 0.25) is 0 Å². The molecular formula is C6H11N3S. The summed E-state index contributed by atoms with van der Waals surface area (Å²) in [5, 5.41) is 12.8. The van der Waals surface area contributed by atoms with Crippen molar-refractivity contribution in [3.63, 3.8) is 0 Å². The lowest BCUT2D eigenvalue weighted by molar-refractivity contribution is 0.825. The molecule has 1 aromatic rings. The Balaban J connectivity index is 2.78. The van der Waals surface area contributed by atoms with Crippen molar-refractivity contribution in [2.45, 2.75) is 19.8 Å². The van der Waals surface area contributed by atoms with Crippen LogP contribution >= 0.6 is 11.3 Å². The van der Waals surface area contributed by atoms with Gasteiger partial charge in [0, 0.05) is 13.0 Å². The molecule has 1 aromatic heterocycles. The molecule has 0 aromatic carbocycles. The third-order valence-corrected chi connectivity index (χ3v) is 2.39. The first-order chi connectivity index (χ1) is 4.74. The van der Waals surface area contributed by atoms with Crippen LogP contribution in [0, 0.1) is 0 Å². The first-order valence-electron chi connectivity index (χ1n) is 3.25. The molecule has 56 valence electrons. The minimum atomic E-state index is 0.486. The molecule has 0 atom stereocenters. The molecule has 0 fully saturated rings. The molecule has 0 radical (unpaired) electrons. The Kier molecular flexibility index (Phi) is 2.21. The number of nitrogens with one attached hydrogen (secondary N) is 1. The van der Waals surface area contributed by atoms with Crippen molar-refractivity contribution in [1.29, 1.82) is 0 Å². The number of hydrogen-bond donors (Lipinski definition) is 1. The van der Waals surface area contributed by atoms with Gasteiger partial charge in [0.1, 0.15) is 5.01 Å². The molecule has 0 aliphatic heterocycles. The van der Waals surface area contributed by atoms with Crippen LogP contribution in [-0.2, 0) is 0 Å². The third-order valence-electron chi connectivity index (χ3n) is 1.15. The lowest BCUT2D eigenvalue weighted by Crippen LogP contribution is -1.85. The summed E-state index contributed by atoms with van der Waals surface area (Å²) >= 11 is 1.61. The van der Waals surface area contributed by atoms with Gasteiger partial charge in [-0.2, -0.15) is 0 Å². The van der Waals surface area contributed by atoms with Crippen LogP contribution < -0.4 is 5.32 Å². The van der Waals surface area contributed by atoms with E-state index in [0.717, 1.165) is 10.1 Å². The zero-order chi connectivity index (χ0) is 7.56. The number of hydrogen-bond acceptors (Lipinski definition) is 4. The molecule has 0 aliphatic rings. The molecule has 10 heavy (non-hydrogen) atoms. The van der Waals surface area contributed by atoms with Crippen molar-refractivity contribution in [1.82, 2.24) is 10.2 Å². The molecule has 0 bridgehead atoms. The van der Waals surface area contributed by atoms with Gasteiger partial charge in [-0.1, -0.05) is 25.2 Å². The van der Waals surface area contributed by atoms with Gasteiger partial charge in [0.15, 0.2) is 0 Å². The van der Waals surface area contributed by atoms with E-state index in [-0.39, 0.29) is 0 Å². The van der Waals surface area contributed by atoms with Crippen LogP contribution in [-0.4, -0.2) is 17.2 Å². The van der Waals surface area contributed by atoms with E-state index in [2.05, 4.69) is 29.4 Å². The first kappa shape index (κ1) is 7.47. The number of anilines is 1. The van der Waals surface area contributed by atoms with Gasteiger partial charge in [-0.15, -0.1) is 10.2 Å². The second kappa shape index (κ2) is 2.96. The minimum Gasteiger partial charge on any atom is -0.363 e. The topological polar surface area (TPSA) is 37.8 Å². The average Bonchev–Trinajstić information content (AvgIpc) is 2.34. The summed E-state index contributed by atoms with van der Waals surface area (Å²) in [6, 6.07) is 0. The molecule has 0 unspecified atom stereocenters. The van der Waals surface area contributed by atoms with E-state index < -0.39 is 0 Å². The second-order valence-electron chi connectivity index (χ2n) is 2.35. The average molecular weight is 157 g/mol. The lowest BCUT2D eigenvalue weighted by atomic mass is 10.2. The monoisotopic (exact) mass is 157 g/mol. The van der Waals surface area contributed by atoms with Gasteiger partial charge in [0.25, 0.3) is 0 Å². The van der Waals surface area contributed by atoms with Crippen LogP contribution in [0.3, 0.4) is 0 Å². The molecule has 3 nitrogen and oxygen atoms in total. The summed E-state index contributed by atoms with van der Waals surface area (Å²) in [5.74, 6) is 0.486. The van der Waals surface area contributed by atoms with Gasteiger partial charge in [-0.3, -0.25) is 0 Å². The highest BCUT2D eigenvalue weighted by molar-refractivity contribution is 7.15. The second-order valence-corrected chi connectivity index (χ2v) is 3.36. The van der Waals surface area contributed by atoms with Crippen LogP contribution in [0.15, 0.2) is 0 Å². The van der Waals surface area contributed by atoms with Gasteiger partial charge in [-0.05, 0) is 0 Å². The smallest absolute Gasteiger partial charge is 0.205 e. The Morgan fingerprint density at radius 1 is 1.40 bits per heavy atom. The summed E-state index contributed by atoms with van der Waals surface area (Å²) in [6.45, 7) is 4.22. The van der Waals surface area contributed by atoms with Crippen LogP contribution in [0.5, 0.6) is 0 Å². The van der Waals surface area contributed by atoms with E-state index in [0.29, 0.717) is 5.92 Å². The Labute approximate surface area is 64.5 Å². The number of nitrogens with zero attached hydrogens (tertiary/aromatic N) is 2. The summed E-state index contributed by atoms with van der Waals surface area (Å²) in [7, 11) is 1.85. The summed E-state index contributed by atoms with van der Waals surface area (Å²) < 4.78 is 0. The normalized spacial score (nSPS) is 10.4. The van der Waals surface area contributed by atoms with E-state index in [1.54, 1.807) is 11.3 Å².